The molecule has 0 aliphatic carbocycles. The lowest BCUT2D eigenvalue weighted by Gasteiger charge is -2.27. The van der Waals surface area contributed by atoms with Crippen molar-refractivity contribution in [2.75, 3.05) is 0 Å². The maximum Gasteiger partial charge on any atom is 0.194 e. The molecule has 0 spiro atoms. The zero-order chi connectivity index (χ0) is 13.6. The van der Waals surface area contributed by atoms with Gasteiger partial charge in [-0.25, -0.2) is 8.57 Å². The summed E-state index contributed by atoms with van der Waals surface area (Å²) in [6.45, 7) is 9.81. The number of benzene rings is 1. The van der Waals surface area contributed by atoms with Crippen LogP contribution in [-0.4, -0.2) is 15.9 Å². The highest BCUT2D eigenvalue weighted by Gasteiger charge is 2.29. The third kappa shape index (κ3) is 2.75. The van der Waals surface area contributed by atoms with Gasteiger partial charge in [0, 0.05) is 6.42 Å². The highest BCUT2D eigenvalue weighted by atomic mass is 32.2. The predicted octanol–water partition coefficient (Wildman–Crippen LogP) is 3.50. The quantitative estimate of drug-likeness (QED) is 0.721. The Bertz CT molecular complexity index is 578. The van der Waals surface area contributed by atoms with E-state index in [0.717, 1.165) is 16.9 Å². The van der Waals surface area contributed by atoms with E-state index in [1.165, 1.54) is 5.56 Å². The minimum absolute atomic E-state index is 0.0575. The summed E-state index contributed by atoms with van der Waals surface area (Å²) < 4.78 is 23.1. The number of aryl methyl sites for hydroxylation is 1. The number of fused-ring (bicyclic) bond motifs is 1. The second-order valence-electron chi connectivity index (χ2n) is 5.96. The zero-order valence-electron chi connectivity index (χ0n) is 11.7. The molecule has 1 heterocycles. The second-order valence-corrected chi connectivity index (χ2v) is 7.72. The van der Waals surface area contributed by atoms with Crippen molar-refractivity contribution in [2.45, 2.75) is 57.6 Å². The Kier molecular flexibility index (Phi) is 3.28. The molecule has 0 amide bonds. The lowest BCUT2D eigenvalue weighted by atomic mass is 10.1. The average molecular weight is 267 g/mol. The van der Waals surface area contributed by atoms with Crippen LogP contribution in [0.15, 0.2) is 27.5 Å². The number of hydrogen-bond donors (Lipinski definition) is 0. The summed E-state index contributed by atoms with van der Waals surface area (Å²) in [6.07, 6.45) is 0.742. The first kappa shape index (κ1) is 13.6. The molecular weight excluding hydrogens is 246 g/mol. The van der Waals surface area contributed by atoms with Crippen LogP contribution in [0, 0.1) is 6.92 Å². The summed E-state index contributed by atoms with van der Waals surface area (Å²) in [4.78, 5) is 0.751. The summed E-state index contributed by atoms with van der Waals surface area (Å²) in [5.41, 5.74) is 1.91. The van der Waals surface area contributed by atoms with Crippen LogP contribution in [-0.2, 0) is 20.6 Å². The van der Waals surface area contributed by atoms with Crippen molar-refractivity contribution in [3.63, 3.8) is 0 Å². The molecular formula is C14H21NO2S. The Morgan fingerprint density at radius 2 is 2.06 bits per heavy atom. The van der Waals surface area contributed by atoms with E-state index < -0.39 is 10.0 Å². The van der Waals surface area contributed by atoms with Crippen LogP contribution in [0.4, 0.5) is 0 Å². The molecule has 1 aliphatic rings. The average Bonchev–Trinajstić information content (AvgIpc) is 2.11. The van der Waals surface area contributed by atoms with Gasteiger partial charge in [-0.2, -0.15) is 0 Å². The Hall–Kier alpha value is -0.870. The van der Waals surface area contributed by atoms with E-state index in [0.29, 0.717) is 0 Å². The van der Waals surface area contributed by atoms with Gasteiger partial charge in [0.2, 0.25) is 0 Å². The summed E-state index contributed by atoms with van der Waals surface area (Å²) in [6, 6.07) is 5.95. The molecule has 1 aliphatic heterocycles. The normalized spacial score (nSPS) is 27.7. The topological polar surface area (TPSA) is 38.7 Å². The first-order valence-electron chi connectivity index (χ1n) is 6.26. The summed E-state index contributed by atoms with van der Waals surface area (Å²) in [5, 5.41) is 0. The molecule has 0 bridgehead atoms. The van der Waals surface area contributed by atoms with Gasteiger partial charge in [-0.15, -0.1) is 0 Å². The van der Waals surface area contributed by atoms with Gasteiger partial charge in [0.25, 0.3) is 0 Å². The van der Waals surface area contributed by atoms with Crippen LogP contribution in [0.5, 0.6) is 0 Å². The van der Waals surface area contributed by atoms with E-state index >= 15 is 0 Å². The fraction of sp³-hybridized carbons (Fsp3) is 0.571. The van der Waals surface area contributed by atoms with Crippen LogP contribution in [0.25, 0.3) is 0 Å². The molecule has 0 radical (unpaired) electrons. The third-order valence-corrected chi connectivity index (χ3v) is 5.02. The molecule has 0 aromatic heterocycles. The maximum atomic E-state index is 13.0. The molecule has 0 saturated heterocycles. The molecule has 3 nitrogen and oxygen atoms in total. The van der Waals surface area contributed by atoms with Crippen molar-refractivity contribution in [1.29, 1.82) is 0 Å². The van der Waals surface area contributed by atoms with Gasteiger partial charge in [-0.05, 0) is 46.2 Å². The van der Waals surface area contributed by atoms with E-state index in [1.807, 2.05) is 46.8 Å². The largest absolute Gasteiger partial charge is 0.278 e. The molecule has 0 saturated carbocycles. The van der Waals surface area contributed by atoms with E-state index in [-0.39, 0.29) is 11.6 Å². The molecule has 0 fully saturated rings. The van der Waals surface area contributed by atoms with E-state index in [1.54, 1.807) is 0 Å². The number of nitrogens with zero attached hydrogens (tertiary/aromatic N) is 1. The summed E-state index contributed by atoms with van der Waals surface area (Å²) in [5.74, 6) is 0. The monoisotopic (exact) mass is 267 g/mol. The molecule has 2 atom stereocenters. The van der Waals surface area contributed by atoms with Gasteiger partial charge in [0.15, 0.2) is 10.0 Å². The van der Waals surface area contributed by atoms with Gasteiger partial charge >= 0.3 is 0 Å². The van der Waals surface area contributed by atoms with Gasteiger partial charge in [0.1, 0.15) is 0 Å². The highest BCUT2D eigenvalue weighted by molar-refractivity contribution is 7.89. The van der Waals surface area contributed by atoms with Gasteiger partial charge < -0.3 is 0 Å². The molecule has 2 rings (SSSR count). The van der Waals surface area contributed by atoms with Crippen LogP contribution >= 0.6 is 0 Å². The number of hydrogen-bond acceptors (Lipinski definition) is 3. The van der Waals surface area contributed by atoms with Crippen molar-refractivity contribution in [1.82, 2.24) is 0 Å². The minimum atomic E-state index is -2.75. The van der Waals surface area contributed by atoms with Crippen molar-refractivity contribution >= 4 is 10.0 Å². The van der Waals surface area contributed by atoms with Crippen LogP contribution < -0.4 is 0 Å². The number of rotatable bonds is 0. The summed E-state index contributed by atoms with van der Waals surface area (Å²) >= 11 is 0. The molecule has 100 valence electrons. The standard InChI is InChI=1S/C14H21NO2S/c1-10-6-7-13-12(8-10)9-11(2)17-18(13,16)15-14(3,4)5/h6-8,11H,9H2,1-5H3. The molecule has 1 aromatic rings. The van der Waals surface area contributed by atoms with Crippen LogP contribution in [0.1, 0.15) is 38.8 Å². The SMILES string of the molecule is Cc1ccc2c(c1)CC(C)OS2(=O)=NC(C)(C)C. The van der Waals surface area contributed by atoms with Gasteiger partial charge in [0.05, 0.1) is 16.5 Å². The van der Waals surface area contributed by atoms with Crippen LogP contribution in [0.2, 0.25) is 0 Å². The smallest absolute Gasteiger partial charge is 0.194 e. The maximum absolute atomic E-state index is 13.0. The Labute approximate surface area is 110 Å². The molecule has 1 aromatic carbocycles. The first-order chi connectivity index (χ1) is 8.20. The van der Waals surface area contributed by atoms with Crippen molar-refractivity contribution in [2.24, 2.45) is 4.36 Å². The van der Waals surface area contributed by atoms with Crippen molar-refractivity contribution in [3.8, 4) is 0 Å². The van der Waals surface area contributed by atoms with E-state index in [4.69, 9.17) is 4.18 Å². The molecule has 4 heteroatoms. The van der Waals surface area contributed by atoms with Crippen molar-refractivity contribution in [3.05, 3.63) is 29.3 Å². The second kappa shape index (κ2) is 4.35. The summed E-state index contributed by atoms with van der Waals surface area (Å²) in [7, 11) is -2.75. The lowest BCUT2D eigenvalue weighted by Crippen LogP contribution is -2.27. The first-order valence-corrected chi connectivity index (χ1v) is 7.70. The minimum Gasteiger partial charge on any atom is -0.278 e. The predicted molar refractivity (Wildman–Crippen MR) is 74.0 cm³/mol. The molecule has 0 N–H and O–H groups in total. The van der Waals surface area contributed by atoms with E-state index in [2.05, 4.69) is 10.4 Å². The third-order valence-electron chi connectivity index (χ3n) is 2.69. The fourth-order valence-electron chi connectivity index (χ4n) is 2.17. The van der Waals surface area contributed by atoms with Crippen molar-refractivity contribution < 1.29 is 8.39 Å². The zero-order valence-corrected chi connectivity index (χ0v) is 12.5. The molecule has 2 unspecified atom stereocenters. The Morgan fingerprint density at radius 3 is 2.67 bits per heavy atom. The van der Waals surface area contributed by atoms with Gasteiger partial charge in [-0.1, -0.05) is 17.7 Å². The Morgan fingerprint density at radius 1 is 1.39 bits per heavy atom. The highest BCUT2D eigenvalue weighted by Crippen LogP contribution is 2.31. The van der Waals surface area contributed by atoms with E-state index in [9.17, 15) is 4.21 Å². The van der Waals surface area contributed by atoms with Gasteiger partial charge in [-0.3, -0.25) is 4.18 Å². The fourth-order valence-corrected chi connectivity index (χ4v) is 4.36. The Balaban J connectivity index is 2.66. The van der Waals surface area contributed by atoms with Crippen LogP contribution in [0.3, 0.4) is 0 Å². The molecule has 18 heavy (non-hydrogen) atoms. The lowest BCUT2D eigenvalue weighted by molar-refractivity contribution is 0.230.